The Balaban J connectivity index is 1.49. The van der Waals surface area contributed by atoms with Gasteiger partial charge in [-0.15, -0.1) is 0 Å². The molecule has 2 aliphatic rings. The van der Waals surface area contributed by atoms with Crippen molar-refractivity contribution in [2.45, 2.75) is 43.7 Å². The molecule has 0 bridgehead atoms. The Morgan fingerprint density at radius 2 is 1.89 bits per heavy atom. The lowest BCUT2D eigenvalue weighted by Crippen LogP contribution is -2.54. The highest BCUT2D eigenvalue weighted by molar-refractivity contribution is 6.30. The maximum Gasteiger partial charge on any atom is 0.325 e. The van der Waals surface area contributed by atoms with E-state index in [1.54, 1.807) is 12.4 Å². The molecule has 6 heteroatoms. The van der Waals surface area contributed by atoms with Crippen LogP contribution in [0.15, 0.2) is 48.8 Å². The number of urea groups is 1. The third-order valence-corrected chi connectivity index (χ3v) is 6.47. The van der Waals surface area contributed by atoms with Gasteiger partial charge in [-0.3, -0.25) is 9.88 Å². The van der Waals surface area contributed by atoms with Crippen molar-refractivity contribution in [3.05, 3.63) is 59.4 Å². The first-order valence-electron chi connectivity index (χ1n) is 9.45. The summed E-state index contributed by atoms with van der Waals surface area (Å²) >= 11 is 6.16. The fourth-order valence-corrected chi connectivity index (χ4v) is 4.57. The van der Waals surface area contributed by atoms with Gasteiger partial charge in [-0.1, -0.05) is 23.7 Å². The molecule has 2 aromatic rings. The lowest BCUT2D eigenvalue weighted by molar-refractivity contribution is 0.0848. The van der Waals surface area contributed by atoms with Gasteiger partial charge >= 0.3 is 6.03 Å². The van der Waals surface area contributed by atoms with Crippen LogP contribution >= 0.6 is 11.6 Å². The first-order valence-corrected chi connectivity index (χ1v) is 9.83. The average Bonchev–Trinajstić information content (AvgIpc) is 3.07. The number of hydrogen-bond donors (Lipinski definition) is 1. The predicted molar refractivity (Wildman–Crippen MR) is 108 cm³/mol. The number of amides is 2. The molecule has 1 aromatic heterocycles. The van der Waals surface area contributed by atoms with Crippen LogP contribution in [0, 0.1) is 0 Å². The van der Waals surface area contributed by atoms with Gasteiger partial charge in [0.05, 0.1) is 11.9 Å². The van der Waals surface area contributed by atoms with Crippen molar-refractivity contribution in [3.8, 4) is 0 Å². The highest BCUT2D eigenvalue weighted by Gasteiger charge is 2.46. The van der Waals surface area contributed by atoms with Crippen molar-refractivity contribution in [2.75, 3.05) is 18.0 Å². The number of anilines is 1. The van der Waals surface area contributed by atoms with Crippen LogP contribution in [0.5, 0.6) is 0 Å². The van der Waals surface area contributed by atoms with Gasteiger partial charge in [0, 0.05) is 35.4 Å². The molecule has 1 aliphatic heterocycles. The van der Waals surface area contributed by atoms with Crippen molar-refractivity contribution < 1.29 is 4.79 Å². The van der Waals surface area contributed by atoms with Crippen LogP contribution in [0.3, 0.4) is 0 Å². The van der Waals surface area contributed by atoms with Crippen molar-refractivity contribution >= 4 is 23.3 Å². The molecule has 2 fully saturated rings. The number of benzene rings is 1. The first kappa shape index (κ1) is 18.3. The van der Waals surface area contributed by atoms with E-state index >= 15 is 0 Å². The molecule has 27 heavy (non-hydrogen) atoms. The quantitative estimate of drug-likeness (QED) is 0.864. The molecule has 2 N–H and O–H groups in total. The van der Waals surface area contributed by atoms with Gasteiger partial charge in [-0.05, 0) is 62.4 Å². The van der Waals surface area contributed by atoms with Crippen molar-refractivity contribution in [3.63, 3.8) is 0 Å². The molecular weight excluding hydrogens is 360 g/mol. The lowest BCUT2D eigenvalue weighted by atomic mass is 9.70. The molecule has 1 saturated heterocycles. The third-order valence-electron chi connectivity index (χ3n) is 6.24. The van der Waals surface area contributed by atoms with Gasteiger partial charge in [0.2, 0.25) is 0 Å². The van der Waals surface area contributed by atoms with Gasteiger partial charge < -0.3 is 10.6 Å². The van der Waals surface area contributed by atoms with Crippen molar-refractivity contribution in [1.82, 2.24) is 9.88 Å². The van der Waals surface area contributed by atoms with E-state index in [-0.39, 0.29) is 17.1 Å². The zero-order valence-electron chi connectivity index (χ0n) is 15.6. The number of hydrogen-bond acceptors (Lipinski definition) is 3. The van der Waals surface area contributed by atoms with Crippen LogP contribution in [0.2, 0.25) is 5.02 Å². The number of carbonyl (C=O) groups is 1. The van der Waals surface area contributed by atoms with E-state index in [2.05, 4.69) is 18.0 Å². The molecule has 4 rings (SSSR count). The summed E-state index contributed by atoms with van der Waals surface area (Å²) in [6.45, 7) is 3.62. The maximum atomic E-state index is 13.1. The van der Waals surface area contributed by atoms with Crippen LogP contribution in [0.1, 0.15) is 38.2 Å². The molecule has 0 spiro atoms. The summed E-state index contributed by atoms with van der Waals surface area (Å²) in [6, 6.07) is 11.7. The number of aromatic nitrogens is 1. The van der Waals surface area contributed by atoms with Crippen LogP contribution in [0.25, 0.3) is 0 Å². The fourth-order valence-electron chi connectivity index (χ4n) is 4.38. The summed E-state index contributed by atoms with van der Waals surface area (Å²) in [5.74, 6) is 0. The number of nitrogens with two attached hydrogens (primary N) is 1. The molecule has 1 aliphatic carbocycles. The largest absolute Gasteiger partial charge is 0.325 e. The van der Waals surface area contributed by atoms with Gasteiger partial charge in [0.25, 0.3) is 0 Å². The molecule has 142 valence electrons. The summed E-state index contributed by atoms with van der Waals surface area (Å²) in [6.07, 6.45) is 6.89. The second kappa shape index (κ2) is 6.80. The number of pyridine rings is 1. The number of carbonyl (C=O) groups excluding carboxylic acids is 1. The average molecular weight is 385 g/mol. The van der Waals surface area contributed by atoms with Gasteiger partial charge in [0.15, 0.2) is 0 Å². The van der Waals surface area contributed by atoms with Gasteiger partial charge in [-0.2, -0.15) is 0 Å². The summed E-state index contributed by atoms with van der Waals surface area (Å²) in [5, 5.41) is 0.715. The Morgan fingerprint density at radius 3 is 2.56 bits per heavy atom. The molecule has 0 unspecified atom stereocenters. The van der Waals surface area contributed by atoms with E-state index < -0.39 is 0 Å². The number of nitrogens with zero attached hydrogens (tertiary/aromatic N) is 3. The smallest absolute Gasteiger partial charge is 0.321 e. The van der Waals surface area contributed by atoms with E-state index in [1.807, 2.05) is 40.1 Å². The Morgan fingerprint density at radius 1 is 1.11 bits per heavy atom. The van der Waals surface area contributed by atoms with E-state index in [0.29, 0.717) is 11.6 Å². The topological polar surface area (TPSA) is 62.5 Å². The normalized spacial score (nSPS) is 28.6. The Bertz CT molecular complexity index is 833. The van der Waals surface area contributed by atoms with Gasteiger partial charge in [-0.25, -0.2) is 4.79 Å². The van der Waals surface area contributed by atoms with Crippen LogP contribution < -0.4 is 10.6 Å². The summed E-state index contributed by atoms with van der Waals surface area (Å²) in [4.78, 5) is 21.0. The summed E-state index contributed by atoms with van der Waals surface area (Å²) in [5.41, 5.74) is 8.13. The van der Waals surface area contributed by atoms with Gasteiger partial charge in [0.1, 0.15) is 0 Å². The van der Waals surface area contributed by atoms with Crippen LogP contribution in [-0.2, 0) is 5.54 Å². The minimum Gasteiger partial charge on any atom is -0.321 e. The predicted octanol–water partition coefficient (Wildman–Crippen LogP) is 4.16. The highest BCUT2D eigenvalue weighted by Crippen LogP contribution is 2.43. The van der Waals surface area contributed by atoms with E-state index in [9.17, 15) is 4.79 Å². The molecule has 1 aromatic carbocycles. The second-order valence-electron chi connectivity index (χ2n) is 7.96. The highest BCUT2D eigenvalue weighted by atomic mass is 35.5. The second-order valence-corrected chi connectivity index (χ2v) is 8.40. The van der Waals surface area contributed by atoms with Crippen molar-refractivity contribution in [1.29, 1.82) is 0 Å². The van der Waals surface area contributed by atoms with Crippen LogP contribution in [-0.4, -0.2) is 34.5 Å². The SMILES string of the molecule is CC1(N2CCN(c3cccnc3)C2=O)CCC(N)(c2cccc(Cl)c2)CC1. The molecule has 2 amide bonds. The fraction of sp³-hybridized carbons (Fsp3) is 0.429. The zero-order valence-corrected chi connectivity index (χ0v) is 16.3. The molecule has 5 nitrogen and oxygen atoms in total. The summed E-state index contributed by atoms with van der Waals surface area (Å²) < 4.78 is 0. The minimum atomic E-state index is -0.379. The molecule has 0 atom stereocenters. The van der Waals surface area contributed by atoms with E-state index in [4.69, 9.17) is 17.3 Å². The standard InChI is InChI=1S/C21H25ClN4O/c1-20(26-13-12-25(19(26)27)18-6-3-11-24-15-18)7-9-21(23,10-8-20)16-4-2-5-17(22)14-16/h2-6,11,14-15H,7-10,12-13,23H2,1H3. The molecule has 1 saturated carbocycles. The Hall–Kier alpha value is -2.11. The first-order chi connectivity index (χ1) is 12.9. The Kier molecular flexibility index (Phi) is 4.60. The monoisotopic (exact) mass is 384 g/mol. The number of halogens is 1. The lowest BCUT2D eigenvalue weighted by Gasteiger charge is -2.47. The molecular formula is C21H25ClN4O. The Labute approximate surface area is 165 Å². The minimum absolute atomic E-state index is 0.0674. The van der Waals surface area contributed by atoms with E-state index in [1.165, 1.54) is 0 Å². The molecule has 2 heterocycles. The van der Waals surface area contributed by atoms with Crippen LogP contribution in [0.4, 0.5) is 10.5 Å². The zero-order chi connectivity index (χ0) is 19.1. The van der Waals surface area contributed by atoms with Crippen molar-refractivity contribution in [2.24, 2.45) is 5.73 Å². The van der Waals surface area contributed by atoms with E-state index in [0.717, 1.165) is 43.5 Å². The molecule has 0 radical (unpaired) electrons. The maximum absolute atomic E-state index is 13.1. The third kappa shape index (κ3) is 3.30. The summed E-state index contributed by atoms with van der Waals surface area (Å²) in [7, 11) is 0. The number of rotatable bonds is 3.